The maximum Gasteiger partial charge on any atom is 0.435 e. The van der Waals surface area contributed by atoms with Gasteiger partial charge in [0.2, 0.25) is 5.91 Å². The van der Waals surface area contributed by atoms with Crippen molar-refractivity contribution in [2.24, 2.45) is 5.16 Å². The van der Waals surface area contributed by atoms with E-state index < -0.39 is 45.5 Å². The highest BCUT2D eigenvalue weighted by atomic mass is 35.5. The summed E-state index contributed by atoms with van der Waals surface area (Å²) < 4.78 is 57.0. The first-order valence-electron chi connectivity index (χ1n) is 11.0. The van der Waals surface area contributed by atoms with Crippen LogP contribution in [-0.2, 0) is 15.2 Å². The van der Waals surface area contributed by atoms with Crippen molar-refractivity contribution in [3.8, 4) is 0 Å². The van der Waals surface area contributed by atoms with Gasteiger partial charge in [-0.3, -0.25) is 9.59 Å². The zero-order valence-corrected chi connectivity index (χ0v) is 20.7. The zero-order valence-electron chi connectivity index (χ0n) is 19.2. The van der Waals surface area contributed by atoms with Gasteiger partial charge in [-0.15, -0.1) is 0 Å². The van der Waals surface area contributed by atoms with Crippen LogP contribution in [0.3, 0.4) is 0 Å². The first kappa shape index (κ1) is 26.7. The Morgan fingerprint density at radius 2 is 1.70 bits per heavy atom. The second-order valence-electron chi connectivity index (χ2n) is 8.23. The Balaban J connectivity index is 1.72. The maximum atomic E-state index is 14.4. The van der Waals surface area contributed by atoms with Gasteiger partial charge in [0.05, 0.1) is 22.3 Å². The van der Waals surface area contributed by atoms with Crippen molar-refractivity contribution in [1.82, 2.24) is 10.6 Å². The molecule has 0 aliphatic carbocycles. The van der Waals surface area contributed by atoms with E-state index in [0.29, 0.717) is 22.9 Å². The second-order valence-corrected chi connectivity index (χ2v) is 9.04. The Labute approximate surface area is 218 Å². The fourth-order valence-electron chi connectivity index (χ4n) is 4.10. The third-order valence-corrected chi connectivity index (χ3v) is 6.45. The van der Waals surface area contributed by atoms with Crippen LogP contribution in [0.5, 0.6) is 0 Å². The molecular weight excluding hydrogens is 537 g/mol. The average Bonchev–Trinajstić information content (AvgIpc) is 3.32. The first-order chi connectivity index (χ1) is 17.5. The highest BCUT2D eigenvalue weighted by Gasteiger charge is 2.62. The van der Waals surface area contributed by atoms with E-state index in [-0.39, 0.29) is 23.7 Å². The predicted octanol–water partition coefficient (Wildman–Crippen LogP) is 5.73. The fraction of sp³-hybridized carbons (Fsp3) is 0.240. The van der Waals surface area contributed by atoms with Gasteiger partial charge in [-0.1, -0.05) is 58.7 Å². The van der Waals surface area contributed by atoms with Gasteiger partial charge in [-0.2, -0.15) is 13.2 Å². The number of halogens is 6. The van der Waals surface area contributed by atoms with Crippen LogP contribution in [-0.4, -0.2) is 36.8 Å². The topological polar surface area (TPSA) is 79.8 Å². The number of likely N-dealkylation sites (N-methyl/N-ethyl adjacent to an activating group) is 1. The normalized spacial score (nSPS) is 17.3. The smallest absolute Gasteiger partial charge is 0.374 e. The van der Waals surface area contributed by atoms with Gasteiger partial charge in [0.25, 0.3) is 11.5 Å². The van der Waals surface area contributed by atoms with Crippen LogP contribution in [0.15, 0.2) is 53.7 Å². The van der Waals surface area contributed by atoms with E-state index in [9.17, 15) is 27.2 Å². The van der Waals surface area contributed by atoms with Gasteiger partial charge >= 0.3 is 6.18 Å². The van der Waals surface area contributed by atoms with Crippen molar-refractivity contribution in [1.29, 1.82) is 0 Å². The van der Waals surface area contributed by atoms with Crippen LogP contribution in [0.25, 0.3) is 10.8 Å². The predicted molar refractivity (Wildman–Crippen MR) is 131 cm³/mol. The number of carbonyl (C=O) groups is 2. The number of fused-ring (bicyclic) bond motifs is 1. The molecule has 1 aliphatic rings. The summed E-state index contributed by atoms with van der Waals surface area (Å²) >= 11 is 11.5. The molecule has 2 amide bonds. The second kappa shape index (κ2) is 10.2. The van der Waals surface area contributed by atoms with Crippen LogP contribution in [0, 0.1) is 5.82 Å². The lowest BCUT2D eigenvalue weighted by Gasteiger charge is -2.29. The molecule has 6 nitrogen and oxygen atoms in total. The van der Waals surface area contributed by atoms with Gasteiger partial charge < -0.3 is 15.5 Å². The molecule has 4 rings (SSSR count). The number of oxime groups is 1. The number of hydrogen-bond donors (Lipinski definition) is 2. The standard InChI is InChI=1S/C25H19Cl2F4N3O3/c1-2-32-21(35)12-33-23(36)17-8-7-16(14-5-3-4-6-15(14)17)20-11-24(37-34-20,25(29,30)31)13-9-18(26)22(28)19(27)10-13/h3-10H,2,11-12H2,1H3,(H,32,35)(H,33,36). The minimum absolute atomic E-state index is 0.0422. The summed E-state index contributed by atoms with van der Waals surface area (Å²) in [6.45, 7) is 1.92. The lowest BCUT2D eigenvalue weighted by molar-refractivity contribution is -0.275. The summed E-state index contributed by atoms with van der Waals surface area (Å²) in [4.78, 5) is 29.5. The molecule has 1 heterocycles. The fourth-order valence-corrected chi connectivity index (χ4v) is 4.59. The van der Waals surface area contributed by atoms with Crippen LogP contribution in [0.4, 0.5) is 17.6 Å². The van der Waals surface area contributed by atoms with E-state index in [1.807, 2.05) is 0 Å². The van der Waals surface area contributed by atoms with Gasteiger partial charge in [0.1, 0.15) is 0 Å². The van der Waals surface area contributed by atoms with Crippen molar-refractivity contribution < 1.29 is 32.0 Å². The molecule has 0 fully saturated rings. The van der Waals surface area contributed by atoms with E-state index in [4.69, 9.17) is 28.0 Å². The van der Waals surface area contributed by atoms with Crippen LogP contribution < -0.4 is 10.6 Å². The van der Waals surface area contributed by atoms with E-state index >= 15 is 0 Å². The first-order valence-corrected chi connectivity index (χ1v) is 11.8. The molecule has 37 heavy (non-hydrogen) atoms. The maximum absolute atomic E-state index is 14.4. The third kappa shape index (κ3) is 4.95. The highest BCUT2D eigenvalue weighted by molar-refractivity contribution is 6.35. The van der Waals surface area contributed by atoms with Gasteiger partial charge in [0, 0.05) is 29.7 Å². The molecule has 1 aliphatic heterocycles. The lowest BCUT2D eigenvalue weighted by atomic mass is 9.85. The largest absolute Gasteiger partial charge is 0.435 e. The van der Waals surface area contributed by atoms with Crippen molar-refractivity contribution in [2.75, 3.05) is 13.1 Å². The number of nitrogens with one attached hydrogen (secondary N) is 2. The van der Waals surface area contributed by atoms with E-state index in [1.54, 1.807) is 31.2 Å². The number of amides is 2. The van der Waals surface area contributed by atoms with Gasteiger partial charge in [0.15, 0.2) is 5.82 Å². The van der Waals surface area contributed by atoms with Crippen LogP contribution in [0.2, 0.25) is 10.0 Å². The van der Waals surface area contributed by atoms with Crippen molar-refractivity contribution >= 4 is 51.5 Å². The molecule has 0 radical (unpaired) electrons. The highest BCUT2D eigenvalue weighted by Crippen LogP contribution is 2.50. The molecule has 0 saturated heterocycles. The quantitative estimate of drug-likeness (QED) is 0.301. The van der Waals surface area contributed by atoms with Gasteiger partial charge in [-0.05, 0) is 35.9 Å². The summed E-state index contributed by atoms with van der Waals surface area (Å²) in [5.41, 5.74) is -2.96. The number of hydrogen-bond acceptors (Lipinski definition) is 4. The van der Waals surface area contributed by atoms with Gasteiger partial charge in [-0.25, -0.2) is 4.39 Å². The van der Waals surface area contributed by atoms with Crippen molar-refractivity contribution in [2.45, 2.75) is 25.1 Å². The molecule has 1 atom stereocenters. The molecule has 194 valence electrons. The Kier molecular flexibility index (Phi) is 7.34. The molecular formula is C25H19Cl2F4N3O3. The molecule has 12 heteroatoms. The Hall–Kier alpha value is -3.37. The summed E-state index contributed by atoms with van der Waals surface area (Å²) in [5, 5.41) is 8.56. The molecule has 2 N–H and O–H groups in total. The third-order valence-electron chi connectivity index (χ3n) is 5.90. The van der Waals surface area contributed by atoms with Crippen LogP contribution >= 0.6 is 23.2 Å². The summed E-state index contributed by atoms with van der Waals surface area (Å²) in [7, 11) is 0. The zero-order chi connectivity index (χ0) is 27.0. The summed E-state index contributed by atoms with van der Waals surface area (Å²) in [5.74, 6) is -1.94. The Morgan fingerprint density at radius 1 is 1.05 bits per heavy atom. The average molecular weight is 556 g/mol. The summed E-state index contributed by atoms with van der Waals surface area (Å²) in [6.07, 6.45) is -5.71. The molecule has 1 unspecified atom stereocenters. The SMILES string of the molecule is CCNC(=O)CNC(=O)c1ccc(C2=NOC(c3cc(Cl)c(F)c(Cl)c3)(C(F)(F)F)C2)c2ccccc12. The Bertz CT molecular complexity index is 1410. The number of carbonyl (C=O) groups excluding carboxylic acids is 2. The molecule has 0 aromatic heterocycles. The number of alkyl halides is 3. The number of benzene rings is 3. The Morgan fingerprint density at radius 3 is 2.32 bits per heavy atom. The van der Waals surface area contributed by atoms with Crippen LogP contribution in [0.1, 0.15) is 34.8 Å². The molecule has 0 spiro atoms. The summed E-state index contributed by atoms with van der Waals surface area (Å²) in [6, 6.07) is 11.1. The van der Waals surface area contributed by atoms with Crippen molar-refractivity contribution in [3.63, 3.8) is 0 Å². The lowest BCUT2D eigenvalue weighted by Crippen LogP contribution is -2.42. The minimum Gasteiger partial charge on any atom is -0.374 e. The molecule has 3 aromatic carbocycles. The van der Waals surface area contributed by atoms with E-state index in [1.165, 1.54) is 12.1 Å². The van der Waals surface area contributed by atoms with E-state index in [2.05, 4.69) is 15.8 Å². The molecule has 3 aromatic rings. The number of rotatable bonds is 6. The molecule has 0 saturated carbocycles. The number of nitrogens with zero attached hydrogens (tertiary/aromatic N) is 1. The molecule has 0 bridgehead atoms. The monoisotopic (exact) mass is 555 g/mol. The minimum atomic E-state index is -4.96. The van der Waals surface area contributed by atoms with Crippen molar-refractivity contribution in [3.05, 3.63) is 81.1 Å². The van der Waals surface area contributed by atoms with E-state index in [0.717, 1.165) is 12.1 Å².